The number of oxazole rings is 1. The van der Waals surface area contributed by atoms with Crippen molar-refractivity contribution >= 4 is 22.0 Å². The van der Waals surface area contributed by atoms with Gasteiger partial charge in [0.15, 0.2) is 5.58 Å². The van der Waals surface area contributed by atoms with Crippen molar-refractivity contribution in [3.05, 3.63) is 84.6 Å². The molecule has 0 amide bonds. The van der Waals surface area contributed by atoms with Crippen LogP contribution in [0.2, 0.25) is 0 Å². The number of benzene rings is 2. The highest BCUT2D eigenvalue weighted by Crippen LogP contribution is 2.37. The molecule has 6 rings (SSSR count). The van der Waals surface area contributed by atoms with Crippen LogP contribution >= 0.6 is 0 Å². The van der Waals surface area contributed by atoms with E-state index in [9.17, 15) is 10.2 Å². The molecule has 7 nitrogen and oxygen atoms in total. The van der Waals surface area contributed by atoms with Gasteiger partial charge >= 0.3 is 0 Å². The minimum absolute atomic E-state index is 0.106. The fourth-order valence-electron chi connectivity index (χ4n) is 4.91. The SMILES string of the molecule is CC(C)c1ncc(-c2cnc3c(-c4cccc5nc(-c6cnc(C(C)C)c(O)c6)oc45)cccc3c2)cc1O. The molecule has 0 bridgehead atoms. The summed E-state index contributed by atoms with van der Waals surface area (Å²) in [6, 6.07) is 17.3. The zero-order valence-corrected chi connectivity index (χ0v) is 22.2. The number of nitrogens with zero attached hydrogens (tertiary/aromatic N) is 4. The summed E-state index contributed by atoms with van der Waals surface area (Å²) in [7, 11) is 0. The third-order valence-electron chi connectivity index (χ3n) is 6.88. The molecule has 194 valence electrons. The van der Waals surface area contributed by atoms with Gasteiger partial charge in [0, 0.05) is 46.2 Å². The van der Waals surface area contributed by atoms with Gasteiger partial charge in [0.1, 0.15) is 17.0 Å². The lowest BCUT2D eigenvalue weighted by atomic mass is 9.99. The van der Waals surface area contributed by atoms with E-state index in [-0.39, 0.29) is 23.3 Å². The molecule has 0 fully saturated rings. The molecule has 7 heteroatoms. The monoisotopic (exact) mass is 516 g/mol. The normalized spacial score (nSPS) is 11.7. The van der Waals surface area contributed by atoms with Crippen LogP contribution in [0.4, 0.5) is 0 Å². The Labute approximate surface area is 225 Å². The number of hydrogen-bond donors (Lipinski definition) is 2. The maximum atomic E-state index is 10.4. The van der Waals surface area contributed by atoms with Crippen LogP contribution in [0.5, 0.6) is 11.5 Å². The Morgan fingerprint density at radius 2 is 1.26 bits per heavy atom. The maximum absolute atomic E-state index is 10.4. The van der Waals surface area contributed by atoms with Gasteiger partial charge in [-0.15, -0.1) is 0 Å². The molecule has 4 heterocycles. The van der Waals surface area contributed by atoms with Gasteiger partial charge in [0.05, 0.1) is 22.5 Å². The molecule has 0 unspecified atom stereocenters. The molecule has 39 heavy (non-hydrogen) atoms. The lowest BCUT2D eigenvalue weighted by Crippen LogP contribution is -1.94. The molecule has 0 saturated heterocycles. The van der Waals surface area contributed by atoms with Crippen LogP contribution in [0.15, 0.2) is 77.6 Å². The molecule has 0 saturated carbocycles. The minimum atomic E-state index is 0.106. The standard InChI is InChI=1S/C32H28N4O3/c1-17(2)28-26(37)12-21(15-33-28)20-11-19-7-5-8-23(30(19)35-14-20)24-9-6-10-25-31(24)39-32(36-25)22-13-27(38)29(18(3)4)34-16-22/h5-18,37-38H,1-4H3. The lowest BCUT2D eigenvalue weighted by Gasteiger charge is -2.11. The van der Waals surface area contributed by atoms with Gasteiger partial charge < -0.3 is 14.6 Å². The number of pyridine rings is 3. The zero-order chi connectivity index (χ0) is 27.3. The highest BCUT2D eigenvalue weighted by atomic mass is 16.3. The zero-order valence-electron chi connectivity index (χ0n) is 22.2. The Morgan fingerprint density at radius 3 is 1.95 bits per heavy atom. The third-order valence-corrected chi connectivity index (χ3v) is 6.88. The summed E-state index contributed by atoms with van der Waals surface area (Å²) in [4.78, 5) is 18.4. The second-order valence-electron chi connectivity index (χ2n) is 10.3. The Kier molecular flexibility index (Phi) is 5.99. The first-order chi connectivity index (χ1) is 18.8. The molecular formula is C32H28N4O3. The molecule has 4 aromatic heterocycles. The van der Waals surface area contributed by atoms with Crippen molar-refractivity contribution in [3.63, 3.8) is 0 Å². The van der Waals surface area contributed by atoms with Crippen LogP contribution in [0, 0.1) is 0 Å². The number of para-hydroxylation sites is 2. The molecule has 2 aromatic carbocycles. The first kappa shape index (κ1) is 24.6. The summed E-state index contributed by atoms with van der Waals surface area (Å²) in [6.45, 7) is 7.97. The van der Waals surface area contributed by atoms with Gasteiger partial charge in [-0.05, 0) is 36.1 Å². The summed E-state index contributed by atoms with van der Waals surface area (Å²) in [5, 5.41) is 21.8. The summed E-state index contributed by atoms with van der Waals surface area (Å²) in [6.07, 6.45) is 5.26. The Bertz CT molecular complexity index is 1860. The number of aromatic hydroxyl groups is 2. The fraction of sp³-hybridized carbons (Fsp3) is 0.188. The summed E-state index contributed by atoms with van der Waals surface area (Å²) >= 11 is 0. The predicted molar refractivity (Wildman–Crippen MR) is 153 cm³/mol. The van der Waals surface area contributed by atoms with E-state index in [2.05, 4.69) is 15.0 Å². The van der Waals surface area contributed by atoms with Crippen LogP contribution in [0.1, 0.15) is 50.9 Å². The topological polar surface area (TPSA) is 105 Å². The van der Waals surface area contributed by atoms with Gasteiger partial charge in [-0.25, -0.2) is 4.98 Å². The average molecular weight is 517 g/mol. The molecule has 0 aliphatic rings. The third kappa shape index (κ3) is 4.36. The average Bonchev–Trinajstić information content (AvgIpc) is 3.36. The van der Waals surface area contributed by atoms with Gasteiger partial charge in [-0.2, -0.15) is 0 Å². The first-order valence-corrected chi connectivity index (χ1v) is 13.0. The van der Waals surface area contributed by atoms with E-state index in [1.807, 2.05) is 70.2 Å². The number of aromatic nitrogens is 4. The van der Waals surface area contributed by atoms with E-state index in [4.69, 9.17) is 9.40 Å². The molecule has 0 spiro atoms. The second-order valence-corrected chi connectivity index (χ2v) is 10.3. The summed E-state index contributed by atoms with van der Waals surface area (Å²) in [5.41, 5.74) is 7.55. The molecule has 0 aliphatic carbocycles. The number of fused-ring (bicyclic) bond motifs is 2. The predicted octanol–water partition coefficient (Wildman–Crippen LogP) is 7.83. The minimum Gasteiger partial charge on any atom is -0.506 e. The summed E-state index contributed by atoms with van der Waals surface area (Å²) < 4.78 is 6.25. The van der Waals surface area contributed by atoms with Crippen LogP contribution in [0.3, 0.4) is 0 Å². The molecule has 0 radical (unpaired) electrons. The van der Waals surface area contributed by atoms with E-state index in [0.717, 1.165) is 33.2 Å². The van der Waals surface area contributed by atoms with Crippen molar-refractivity contribution in [2.24, 2.45) is 0 Å². The van der Waals surface area contributed by atoms with Gasteiger partial charge in [-0.3, -0.25) is 15.0 Å². The van der Waals surface area contributed by atoms with Gasteiger partial charge in [0.25, 0.3) is 0 Å². The van der Waals surface area contributed by atoms with E-state index >= 15 is 0 Å². The fourth-order valence-corrected chi connectivity index (χ4v) is 4.91. The largest absolute Gasteiger partial charge is 0.506 e. The highest BCUT2D eigenvalue weighted by Gasteiger charge is 2.18. The number of hydrogen-bond acceptors (Lipinski definition) is 7. The molecule has 6 aromatic rings. The second kappa shape index (κ2) is 9.51. The molecular weight excluding hydrogens is 488 g/mol. The van der Waals surface area contributed by atoms with Crippen molar-refractivity contribution < 1.29 is 14.6 Å². The molecule has 0 atom stereocenters. The van der Waals surface area contributed by atoms with E-state index < -0.39 is 0 Å². The van der Waals surface area contributed by atoms with Crippen LogP contribution in [-0.2, 0) is 0 Å². The lowest BCUT2D eigenvalue weighted by molar-refractivity contribution is 0.459. The molecule has 0 aliphatic heterocycles. The molecule has 2 N–H and O–H groups in total. The number of rotatable bonds is 5. The van der Waals surface area contributed by atoms with Gasteiger partial charge in [0.2, 0.25) is 5.89 Å². The van der Waals surface area contributed by atoms with Crippen LogP contribution < -0.4 is 0 Å². The smallest absolute Gasteiger partial charge is 0.229 e. The van der Waals surface area contributed by atoms with E-state index in [0.29, 0.717) is 33.9 Å². The van der Waals surface area contributed by atoms with Crippen molar-refractivity contribution in [3.8, 4) is 45.2 Å². The van der Waals surface area contributed by atoms with E-state index in [1.54, 1.807) is 30.7 Å². The van der Waals surface area contributed by atoms with Crippen molar-refractivity contribution in [2.45, 2.75) is 39.5 Å². The Morgan fingerprint density at radius 1 is 0.667 bits per heavy atom. The quantitative estimate of drug-likeness (QED) is 0.241. The highest BCUT2D eigenvalue weighted by molar-refractivity contribution is 6.02. The van der Waals surface area contributed by atoms with Crippen LogP contribution in [0.25, 0.3) is 55.7 Å². The maximum Gasteiger partial charge on any atom is 0.229 e. The van der Waals surface area contributed by atoms with Crippen molar-refractivity contribution in [1.82, 2.24) is 19.9 Å². The van der Waals surface area contributed by atoms with Crippen molar-refractivity contribution in [1.29, 1.82) is 0 Å². The Balaban J connectivity index is 1.43. The summed E-state index contributed by atoms with van der Waals surface area (Å²) in [5.74, 6) is 0.947. The van der Waals surface area contributed by atoms with Gasteiger partial charge in [-0.1, -0.05) is 58.0 Å². The van der Waals surface area contributed by atoms with Crippen LogP contribution in [-0.4, -0.2) is 30.1 Å². The van der Waals surface area contributed by atoms with Crippen molar-refractivity contribution in [2.75, 3.05) is 0 Å². The van der Waals surface area contributed by atoms with E-state index in [1.165, 1.54) is 0 Å². The first-order valence-electron chi connectivity index (χ1n) is 13.0. The Hall–Kier alpha value is -4.78.